The fourth-order valence-electron chi connectivity index (χ4n) is 2.12. The minimum atomic E-state index is -0.586. The van der Waals surface area contributed by atoms with E-state index in [1.807, 2.05) is 6.92 Å². The molecule has 0 saturated heterocycles. The lowest BCUT2D eigenvalue weighted by Crippen LogP contribution is -2.50. The molecule has 20 heavy (non-hydrogen) atoms. The van der Waals surface area contributed by atoms with E-state index >= 15 is 0 Å². The maximum absolute atomic E-state index is 13.5. The highest BCUT2D eigenvalue weighted by Gasteiger charge is 2.41. The molecule has 1 aliphatic carbocycles. The Bertz CT molecular complexity index is 543. The van der Waals surface area contributed by atoms with Crippen LogP contribution in [0.25, 0.3) is 6.08 Å². The van der Waals surface area contributed by atoms with Gasteiger partial charge >= 0.3 is 0 Å². The number of carbonyl (C=O) groups is 1. The number of aliphatic hydroxyl groups is 1. The predicted molar refractivity (Wildman–Crippen MR) is 79.5 cm³/mol. The van der Waals surface area contributed by atoms with Crippen LogP contribution in [0.2, 0.25) is 0 Å². The minimum absolute atomic E-state index is 0.0947. The highest BCUT2D eigenvalue weighted by atomic mass is 79.9. The Morgan fingerprint density at radius 1 is 1.60 bits per heavy atom. The fraction of sp³-hybridized carbons (Fsp3) is 0.400. The van der Waals surface area contributed by atoms with Crippen LogP contribution in [-0.4, -0.2) is 23.2 Å². The number of hydrogen-bond acceptors (Lipinski definition) is 2. The van der Waals surface area contributed by atoms with Crippen molar-refractivity contribution in [3.63, 3.8) is 0 Å². The van der Waals surface area contributed by atoms with Gasteiger partial charge in [-0.15, -0.1) is 0 Å². The maximum atomic E-state index is 13.5. The SMILES string of the molecule is CC(CO)(NC(=O)/C=C/c1cc(Br)ccc1F)C1CC1. The predicted octanol–water partition coefficient (Wildman–Crippen LogP) is 2.88. The van der Waals surface area contributed by atoms with Crippen LogP contribution < -0.4 is 5.32 Å². The van der Waals surface area contributed by atoms with Crippen LogP contribution in [0.15, 0.2) is 28.7 Å². The molecule has 1 fully saturated rings. The minimum Gasteiger partial charge on any atom is -0.394 e. The maximum Gasteiger partial charge on any atom is 0.244 e. The van der Waals surface area contributed by atoms with Gasteiger partial charge in [-0.1, -0.05) is 15.9 Å². The summed E-state index contributed by atoms with van der Waals surface area (Å²) in [6.07, 6.45) is 4.75. The molecule has 1 aromatic carbocycles. The largest absolute Gasteiger partial charge is 0.394 e. The Hall–Kier alpha value is -1.20. The van der Waals surface area contributed by atoms with Gasteiger partial charge in [-0.3, -0.25) is 4.79 Å². The summed E-state index contributed by atoms with van der Waals surface area (Å²) in [5.74, 6) is -0.385. The number of hydrogen-bond donors (Lipinski definition) is 2. The summed E-state index contributed by atoms with van der Waals surface area (Å²) < 4.78 is 14.3. The molecular weight excluding hydrogens is 325 g/mol. The Kier molecular flexibility index (Phi) is 4.60. The molecular formula is C15H17BrFNO2. The van der Waals surface area contributed by atoms with E-state index in [9.17, 15) is 14.3 Å². The van der Waals surface area contributed by atoms with Gasteiger partial charge in [0.1, 0.15) is 5.82 Å². The van der Waals surface area contributed by atoms with Crippen molar-refractivity contribution < 1.29 is 14.3 Å². The number of halogens is 2. The second-order valence-corrected chi connectivity index (χ2v) is 6.25. The third-order valence-electron chi connectivity index (χ3n) is 3.59. The topological polar surface area (TPSA) is 49.3 Å². The summed E-state index contributed by atoms with van der Waals surface area (Å²) in [7, 11) is 0. The normalized spacial score (nSPS) is 18.0. The molecule has 1 saturated carbocycles. The highest BCUT2D eigenvalue weighted by molar-refractivity contribution is 9.10. The highest BCUT2D eigenvalue weighted by Crippen LogP contribution is 2.39. The molecule has 1 unspecified atom stereocenters. The first-order valence-electron chi connectivity index (χ1n) is 6.51. The molecule has 2 rings (SSSR count). The summed E-state index contributed by atoms with van der Waals surface area (Å²) in [6.45, 7) is 1.73. The van der Waals surface area contributed by atoms with Crippen LogP contribution in [0.5, 0.6) is 0 Å². The molecule has 0 aliphatic heterocycles. The van der Waals surface area contributed by atoms with Gasteiger partial charge in [-0.05, 0) is 50.0 Å². The molecule has 108 valence electrons. The van der Waals surface area contributed by atoms with E-state index in [2.05, 4.69) is 21.2 Å². The van der Waals surface area contributed by atoms with Crippen molar-refractivity contribution in [1.82, 2.24) is 5.32 Å². The van der Waals surface area contributed by atoms with Crippen LogP contribution >= 0.6 is 15.9 Å². The molecule has 0 radical (unpaired) electrons. The van der Waals surface area contributed by atoms with E-state index in [1.54, 1.807) is 12.1 Å². The number of rotatable bonds is 5. The number of nitrogens with one attached hydrogen (secondary N) is 1. The third-order valence-corrected chi connectivity index (χ3v) is 4.08. The van der Waals surface area contributed by atoms with Crippen LogP contribution in [0, 0.1) is 11.7 Å². The lowest BCUT2D eigenvalue weighted by Gasteiger charge is -2.28. The average Bonchev–Trinajstić information content (AvgIpc) is 3.24. The number of carbonyl (C=O) groups excluding carboxylic acids is 1. The molecule has 0 spiro atoms. The van der Waals surface area contributed by atoms with Crippen LogP contribution in [0.3, 0.4) is 0 Å². The van der Waals surface area contributed by atoms with Gasteiger partial charge in [0.15, 0.2) is 0 Å². The monoisotopic (exact) mass is 341 g/mol. The Balaban J connectivity index is 2.03. The van der Waals surface area contributed by atoms with Gasteiger partial charge in [0, 0.05) is 16.1 Å². The molecule has 1 aromatic rings. The molecule has 2 N–H and O–H groups in total. The number of benzene rings is 1. The van der Waals surface area contributed by atoms with Crippen molar-refractivity contribution in [3.8, 4) is 0 Å². The summed E-state index contributed by atoms with van der Waals surface area (Å²) in [6, 6.07) is 4.54. The van der Waals surface area contributed by atoms with E-state index in [4.69, 9.17) is 0 Å². The number of amides is 1. The first kappa shape index (κ1) is 15.2. The second-order valence-electron chi connectivity index (χ2n) is 5.34. The van der Waals surface area contributed by atoms with E-state index in [1.165, 1.54) is 18.2 Å². The molecule has 5 heteroatoms. The van der Waals surface area contributed by atoms with Crippen molar-refractivity contribution in [1.29, 1.82) is 0 Å². The molecule has 3 nitrogen and oxygen atoms in total. The molecule has 0 bridgehead atoms. The Morgan fingerprint density at radius 2 is 2.30 bits per heavy atom. The fourth-order valence-corrected chi connectivity index (χ4v) is 2.50. The second kappa shape index (κ2) is 6.06. The van der Waals surface area contributed by atoms with E-state index in [0.29, 0.717) is 11.5 Å². The lowest BCUT2D eigenvalue weighted by atomic mass is 9.97. The molecule has 0 heterocycles. The van der Waals surface area contributed by atoms with Gasteiger partial charge in [-0.2, -0.15) is 0 Å². The summed E-state index contributed by atoms with van der Waals surface area (Å²) in [4.78, 5) is 11.9. The molecule has 0 aromatic heterocycles. The van der Waals surface area contributed by atoms with Crippen molar-refractivity contribution in [2.24, 2.45) is 5.92 Å². The third kappa shape index (κ3) is 3.67. The van der Waals surface area contributed by atoms with Crippen LogP contribution in [0.4, 0.5) is 4.39 Å². The quantitative estimate of drug-likeness (QED) is 0.809. The molecule has 1 aliphatic rings. The van der Waals surface area contributed by atoms with E-state index in [-0.39, 0.29) is 18.3 Å². The summed E-state index contributed by atoms with van der Waals surface area (Å²) in [5.41, 5.74) is -0.247. The van der Waals surface area contributed by atoms with Gasteiger partial charge in [0.2, 0.25) is 5.91 Å². The Morgan fingerprint density at radius 3 is 2.90 bits per heavy atom. The first-order valence-corrected chi connectivity index (χ1v) is 7.30. The van der Waals surface area contributed by atoms with Crippen molar-refractivity contribution in [3.05, 3.63) is 40.1 Å². The standard InChI is InChI=1S/C15H17BrFNO2/c1-15(9-19,11-3-4-11)18-14(20)7-2-10-8-12(16)5-6-13(10)17/h2,5-8,11,19H,3-4,9H2,1H3,(H,18,20)/b7-2+. The van der Waals surface area contributed by atoms with Crippen LogP contribution in [0.1, 0.15) is 25.3 Å². The van der Waals surface area contributed by atoms with Gasteiger partial charge in [0.25, 0.3) is 0 Å². The van der Waals surface area contributed by atoms with Gasteiger partial charge < -0.3 is 10.4 Å². The summed E-state index contributed by atoms with van der Waals surface area (Å²) in [5, 5.41) is 12.2. The summed E-state index contributed by atoms with van der Waals surface area (Å²) >= 11 is 3.26. The average molecular weight is 342 g/mol. The molecule has 1 atom stereocenters. The smallest absolute Gasteiger partial charge is 0.244 e. The van der Waals surface area contributed by atoms with Crippen molar-refractivity contribution in [2.45, 2.75) is 25.3 Å². The molecule has 1 amide bonds. The zero-order valence-corrected chi connectivity index (χ0v) is 12.8. The first-order chi connectivity index (χ1) is 9.44. The van der Waals surface area contributed by atoms with Crippen molar-refractivity contribution >= 4 is 27.9 Å². The van der Waals surface area contributed by atoms with E-state index < -0.39 is 5.54 Å². The van der Waals surface area contributed by atoms with E-state index in [0.717, 1.165) is 17.3 Å². The number of aliphatic hydroxyl groups excluding tert-OH is 1. The van der Waals surface area contributed by atoms with Crippen molar-refractivity contribution in [2.75, 3.05) is 6.61 Å². The van der Waals surface area contributed by atoms with Gasteiger partial charge in [0.05, 0.1) is 12.1 Å². The lowest BCUT2D eigenvalue weighted by molar-refractivity contribution is -0.119. The zero-order valence-electron chi connectivity index (χ0n) is 11.2. The zero-order chi connectivity index (χ0) is 14.8. The van der Waals surface area contributed by atoms with Crippen LogP contribution in [-0.2, 0) is 4.79 Å². The Labute approximate surface area is 126 Å². The van der Waals surface area contributed by atoms with Gasteiger partial charge in [-0.25, -0.2) is 4.39 Å².